The van der Waals surface area contributed by atoms with E-state index in [1.165, 1.54) is 0 Å². The number of aromatic nitrogens is 2. The van der Waals surface area contributed by atoms with Gasteiger partial charge in [-0.2, -0.15) is 5.10 Å². The van der Waals surface area contributed by atoms with Gasteiger partial charge in [0, 0.05) is 11.1 Å². The highest BCUT2D eigenvalue weighted by Gasteiger charge is 2.07. The van der Waals surface area contributed by atoms with Crippen molar-refractivity contribution < 1.29 is 14.3 Å². The van der Waals surface area contributed by atoms with Crippen LogP contribution in [0.5, 0.6) is 5.75 Å². The third-order valence-corrected chi connectivity index (χ3v) is 3.28. The zero-order valence-electron chi connectivity index (χ0n) is 12.8. The lowest BCUT2D eigenvalue weighted by Crippen LogP contribution is -2.35. The van der Waals surface area contributed by atoms with E-state index in [0.717, 1.165) is 10.9 Å². The number of fused-ring (bicyclic) bond motifs is 1. The topological polar surface area (TPSA) is 96.1 Å². The first-order valence-corrected chi connectivity index (χ1v) is 7.38. The van der Waals surface area contributed by atoms with Crippen LogP contribution in [0, 0.1) is 0 Å². The number of carbonyl (C=O) groups is 2. The molecule has 0 bridgehead atoms. The van der Waals surface area contributed by atoms with Gasteiger partial charge in [-0.1, -0.05) is 18.2 Å². The maximum atomic E-state index is 11.9. The van der Waals surface area contributed by atoms with Crippen LogP contribution in [0.3, 0.4) is 0 Å². The van der Waals surface area contributed by atoms with Crippen LogP contribution in [0.2, 0.25) is 0 Å². The van der Waals surface area contributed by atoms with Gasteiger partial charge in [0.15, 0.2) is 6.61 Å². The highest BCUT2D eigenvalue weighted by Crippen LogP contribution is 2.16. The summed E-state index contributed by atoms with van der Waals surface area (Å²) >= 11 is 0. The maximum absolute atomic E-state index is 11.9. The van der Waals surface area contributed by atoms with Crippen LogP contribution in [0.15, 0.2) is 54.7 Å². The van der Waals surface area contributed by atoms with Gasteiger partial charge in [-0.05, 0) is 30.3 Å². The number of para-hydroxylation sites is 1. The van der Waals surface area contributed by atoms with Gasteiger partial charge in [-0.3, -0.25) is 14.7 Å². The summed E-state index contributed by atoms with van der Waals surface area (Å²) in [6, 6.07) is 14.4. The molecule has 1 aromatic heterocycles. The molecule has 0 aliphatic heterocycles. The number of ether oxygens (including phenoxy) is 1. The van der Waals surface area contributed by atoms with E-state index < -0.39 is 0 Å². The van der Waals surface area contributed by atoms with Gasteiger partial charge in [0.05, 0.1) is 18.3 Å². The summed E-state index contributed by atoms with van der Waals surface area (Å²) in [5.74, 6) is -0.0788. The molecule has 1 heterocycles. The van der Waals surface area contributed by atoms with Crippen LogP contribution in [-0.4, -0.2) is 35.2 Å². The molecule has 122 valence electrons. The van der Waals surface area contributed by atoms with Crippen molar-refractivity contribution in [3.63, 3.8) is 0 Å². The Morgan fingerprint density at radius 2 is 1.92 bits per heavy atom. The highest BCUT2D eigenvalue weighted by atomic mass is 16.5. The zero-order chi connectivity index (χ0) is 16.8. The quantitative estimate of drug-likeness (QED) is 0.643. The monoisotopic (exact) mass is 324 g/mol. The number of aromatic amines is 1. The summed E-state index contributed by atoms with van der Waals surface area (Å²) in [5.41, 5.74) is 1.46. The van der Waals surface area contributed by atoms with Crippen LogP contribution < -0.4 is 15.4 Å². The average Bonchev–Trinajstić information content (AvgIpc) is 3.07. The Kier molecular flexibility index (Phi) is 4.71. The summed E-state index contributed by atoms with van der Waals surface area (Å²) in [6.07, 6.45) is 1.70. The second kappa shape index (κ2) is 7.28. The van der Waals surface area contributed by atoms with Gasteiger partial charge in [0.1, 0.15) is 5.75 Å². The van der Waals surface area contributed by atoms with E-state index in [1.807, 2.05) is 24.3 Å². The van der Waals surface area contributed by atoms with E-state index in [4.69, 9.17) is 4.74 Å². The van der Waals surface area contributed by atoms with Crippen molar-refractivity contribution in [1.82, 2.24) is 15.5 Å². The lowest BCUT2D eigenvalue weighted by Gasteiger charge is -2.08. The van der Waals surface area contributed by atoms with Gasteiger partial charge >= 0.3 is 0 Å². The van der Waals surface area contributed by atoms with Gasteiger partial charge in [0.25, 0.3) is 5.91 Å². The minimum Gasteiger partial charge on any atom is -0.484 e. The van der Waals surface area contributed by atoms with E-state index in [9.17, 15) is 9.59 Å². The maximum Gasteiger partial charge on any atom is 0.258 e. The first-order chi connectivity index (χ1) is 11.7. The second-order valence-electron chi connectivity index (χ2n) is 5.10. The first-order valence-electron chi connectivity index (χ1n) is 7.38. The summed E-state index contributed by atoms with van der Waals surface area (Å²) in [4.78, 5) is 23.6. The predicted molar refractivity (Wildman–Crippen MR) is 89.7 cm³/mol. The summed E-state index contributed by atoms with van der Waals surface area (Å²) < 4.78 is 5.30. The molecule has 0 fully saturated rings. The molecule has 3 rings (SSSR count). The van der Waals surface area contributed by atoms with Gasteiger partial charge in [0.2, 0.25) is 5.91 Å². The largest absolute Gasteiger partial charge is 0.484 e. The first kappa shape index (κ1) is 15.5. The fraction of sp³-hybridized carbons (Fsp3) is 0.118. The van der Waals surface area contributed by atoms with Crippen molar-refractivity contribution in [2.24, 2.45) is 0 Å². The van der Waals surface area contributed by atoms with Gasteiger partial charge < -0.3 is 15.4 Å². The van der Waals surface area contributed by atoms with E-state index in [0.29, 0.717) is 11.4 Å². The molecule has 0 unspecified atom stereocenters. The molecule has 0 aliphatic rings. The Bertz CT molecular complexity index is 845. The summed E-state index contributed by atoms with van der Waals surface area (Å²) in [6.45, 7) is -0.268. The molecule has 2 amide bonds. The fourth-order valence-corrected chi connectivity index (χ4v) is 2.12. The Labute approximate surface area is 138 Å². The standard InChI is InChI=1S/C17H16N4O3/c22-16(20-13-7-6-12-9-19-21-15(12)8-13)10-18-17(23)11-24-14-4-2-1-3-5-14/h1-9H,10-11H2,(H,18,23)(H,19,21)(H,20,22). The van der Waals surface area contributed by atoms with Crippen LogP contribution >= 0.6 is 0 Å². The van der Waals surface area contributed by atoms with Crippen LogP contribution in [-0.2, 0) is 9.59 Å². The van der Waals surface area contributed by atoms with Crippen molar-refractivity contribution >= 4 is 28.4 Å². The average molecular weight is 324 g/mol. The SMILES string of the molecule is O=C(COc1ccccc1)NCC(=O)Nc1ccc2cn[nH]c2c1. The van der Waals surface area contributed by atoms with E-state index >= 15 is 0 Å². The number of carbonyl (C=O) groups excluding carboxylic acids is 2. The van der Waals surface area contributed by atoms with Gasteiger partial charge in [-0.15, -0.1) is 0 Å². The number of rotatable bonds is 6. The van der Waals surface area contributed by atoms with Crippen LogP contribution in [0.1, 0.15) is 0 Å². The molecular weight excluding hydrogens is 308 g/mol. The Morgan fingerprint density at radius 3 is 2.75 bits per heavy atom. The van der Waals surface area contributed by atoms with Crippen molar-refractivity contribution in [1.29, 1.82) is 0 Å². The number of nitrogens with zero attached hydrogens (tertiary/aromatic N) is 1. The lowest BCUT2D eigenvalue weighted by atomic mass is 10.2. The van der Waals surface area contributed by atoms with Crippen LogP contribution in [0.4, 0.5) is 5.69 Å². The Morgan fingerprint density at radius 1 is 1.08 bits per heavy atom. The third-order valence-electron chi connectivity index (χ3n) is 3.28. The van der Waals surface area contributed by atoms with Crippen molar-refractivity contribution in [3.05, 3.63) is 54.7 Å². The molecule has 7 heteroatoms. The number of H-pyrrole nitrogens is 1. The van der Waals surface area contributed by atoms with E-state index in [2.05, 4.69) is 20.8 Å². The van der Waals surface area contributed by atoms with Crippen LogP contribution in [0.25, 0.3) is 10.9 Å². The molecule has 3 N–H and O–H groups in total. The number of amides is 2. The molecule has 0 saturated heterocycles. The normalized spacial score (nSPS) is 10.3. The lowest BCUT2D eigenvalue weighted by molar-refractivity contribution is -0.125. The van der Waals surface area contributed by atoms with Crippen molar-refractivity contribution in [2.45, 2.75) is 0 Å². The molecule has 0 spiro atoms. The van der Waals surface area contributed by atoms with Gasteiger partial charge in [-0.25, -0.2) is 0 Å². The third kappa shape index (κ3) is 4.10. The number of nitrogens with one attached hydrogen (secondary N) is 3. The van der Waals surface area contributed by atoms with E-state index in [-0.39, 0.29) is 25.0 Å². The second-order valence-corrected chi connectivity index (χ2v) is 5.10. The highest BCUT2D eigenvalue weighted by molar-refractivity contribution is 5.96. The fourth-order valence-electron chi connectivity index (χ4n) is 2.12. The molecule has 0 radical (unpaired) electrons. The summed E-state index contributed by atoms with van der Waals surface area (Å²) in [5, 5.41) is 12.9. The molecule has 7 nitrogen and oxygen atoms in total. The number of hydrogen-bond acceptors (Lipinski definition) is 4. The van der Waals surface area contributed by atoms with Crippen molar-refractivity contribution in [3.8, 4) is 5.75 Å². The predicted octanol–water partition coefficient (Wildman–Crippen LogP) is 1.70. The van der Waals surface area contributed by atoms with Crippen molar-refractivity contribution in [2.75, 3.05) is 18.5 Å². The Hall–Kier alpha value is -3.35. The zero-order valence-corrected chi connectivity index (χ0v) is 12.8. The molecule has 0 saturated carbocycles. The summed E-state index contributed by atoms with van der Waals surface area (Å²) in [7, 11) is 0. The molecule has 24 heavy (non-hydrogen) atoms. The Balaban J connectivity index is 1.44. The smallest absolute Gasteiger partial charge is 0.258 e. The number of anilines is 1. The number of hydrogen-bond donors (Lipinski definition) is 3. The minimum absolute atomic E-state index is 0.127. The molecule has 0 aliphatic carbocycles. The van der Waals surface area contributed by atoms with E-state index in [1.54, 1.807) is 30.5 Å². The molecular formula is C17H16N4O3. The molecule has 2 aromatic carbocycles. The molecule has 0 atom stereocenters. The number of benzene rings is 2. The minimum atomic E-state index is -0.363. The molecule has 3 aromatic rings.